The van der Waals surface area contributed by atoms with Gasteiger partial charge in [0.05, 0.1) is 5.92 Å². The van der Waals surface area contributed by atoms with Crippen molar-refractivity contribution in [2.75, 3.05) is 20.1 Å². The smallest absolute Gasteiger partial charge is 0.221 e. The highest BCUT2D eigenvalue weighted by Crippen LogP contribution is 2.12. The highest BCUT2D eigenvalue weighted by Gasteiger charge is 2.23. The molecule has 0 bridgehead atoms. The van der Waals surface area contributed by atoms with Crippen molar-refractivity contribution in [1.29, 1.82) is 0 Å². The number of primary amides is 1. The summed E-state index contributed by atoms with van der Waals surface area (Å²) in [4.78, 5) is 12.7. The fourth-order valence-corrected chi connectivity index (χ4v) is 1.17. The van der Waals surface area contributed by atoms with Crippen LogP contribution in [0.1, 0.15) is 34.1 Å². The summed E-state index contributed by atoms with van der Waals surface area (Å²) in [5.74, 6) is -0.0469. The van der Waals surface area contributed by atoms with Crippen LogP contribution in [0.3, 0.4) is 0 Å². The maximum absolute atomic E-state index is 10.5. The summed E-state index contributed by atoms with van der Waals surface area (Å²) >= 11 is 0. The first-order valence-electron chi connectivity index (χ1n) is 5.18. The quantitative estimate of drug-likeness (QED) is 0.677. The molecule has 80 valence electrons. The van der Waals surface area contributed by atoms with E-state index in [2.05, 4.69) is 4.90 Å². The van der Waals surface area contributed by atoms with Crippen molar-refractivity contribution in [1.82, 2.24) is 4.90 Å². The van der Waals surface area contributed by atoms with Crippen LogP contribution >= 0.6 is 0 Å². The van der Waals surface area contributed by atoms with Crippen molar-refractivity contribution in [2.24, 2.45) is 11.7 Å². The highest BCUT2D eigenvalue weighted by atomic mass is 16.1. The lowest BCUT2D eigenvalue weighted by atomic mass is 10.1. The van der Waals surface area contributed by atoms with Crippen molar-refractivity contribution in [2.45, 2.75) is 34.1 Å². The Morgan fingerprint density at radius 2 is 1.77 bits per heavy atom. The molecule has 1 aliphatic rings. The number of hydrogen-bond acceptors (Lipinski definition) is 2. The van der Waals surface area contributed by atoms with Crippen molar-refractivity contribution in [3.8, 4) is 0 Å². The summed E-state index contributed by atoms with van der Waals surface area (Å²) in [5, 5.41) is 0. The molecule has 0 unspecified atom stereocenters. The number of rotatable bonds is 1. The second-order valence-electron chi connectivity index (χ2n) is 2.65. The number of nitrogens with two attached hydrogens (primary N) is 1. The first kappa shape index (κ1) is 14.9. The molecule has 1 heterocycles. The standard InChI is InChI=1S/C6H12N2O.2C2H6/c1-8-3-2-5(4-8)6(7)9;2*1-2/h5H,2-4H2,1H3,(H2,7,9);2*1-2H3/t5-;;/m1../s1. The molecule has 0 saturated carbocycles. The van der Waals surface area contributed by atoms with Gasteiger partial charge in [0.25, 0.3) is 0 Å². The second kappa shape index (κ2) is 9.52. The van der Waals surface area contributed by atoms with Crippen LogP contribution < -0.4 is 5.73 Å². The van der Waals surface area contributed by atoms with Gasteiger partial charge in [-0.2, -0.15) is 0 Å². The fourth-order valence-electron chi connectivity index (χ4n) is 1.17. The second-order valence-corrected chi connectivity index (χ2v) is 2.65. The molecule has 0 radical (unpaired) electrons. The van der Waals surface area contributed by atoms with Crippen molar-refractivity contribution < 1.29 is 4.79 Å². The molecule has 0 aromatic rings. The molecule has 1 rings (SSSR count). The van der Waals surface area contributed by atoms with Gasteiger partial charge in [-0.25, -0.2) is 0 Å². The summed E-state index contributed by atoms with van der Waals surface area (Å²) in [6.45, 7) is 9.85. The van der Waals surface area contributed by atoms with Gasteiger partial charge in [0.15, 0.2) is 0 Å². The first-order valence-corrected chi connectivity index (χ1v) is 5.18. The molecule has 1 saturated heterocycles. The minimum absolute atomic E-state index is 0.106. The van der Waals surface area contributed by atoms with E-state index >= 15 is 0 Å². The van der Waals surface area contributed by atoms with Gasteiger partial charge in [0.1, 0.15) is 0 Å². The summed E-state index contributed by atoms with van der Waals surface area (Å²) in [7, 11) is 2.00. The van der Waals surface area contributed by atoms with Gasteiger partial charge < -0.3 is 10.6 Å². The SMILES string of the molecule is CC.CC.CN1CC[C@@H](C(N)=O)C1. The molecule has 1 fully saturated rings. The van der Waals surface area contributed by atoms with E-state index in [1.54, 1.807) is 0 Å². The molecule has 1 atom stereocenters. The van der Waals surface area contributed by atoms with Gasteiger partial charge in [-0.3, -0.25) is 4.79 Å². The predicted octanol–water partition coefficient (Wildman–Crippen LogP) is 1.48. The van der Waals surface area contributed by atoms with Gasteiger partial charge in [0, 0.05) is 6.54 Å². The molecule has 0 spiro atoms. The van der Waals surface area contributed by atoms with Crippen LogP contribution in [0.25, 0.3) is 0 Å². The monoisotopic (exact) mass is 188 g/mol. The normalized spacial score (nSPS) is 20.8. The van der Waals surface area contributed by atoms with Crippen LogP contribution in [0.2, 0.25) is 0 Å². The average molecular weight is 188 g/mol. The molecule has 3 nitrogen and oxygen atoms in total. The zero-order valence-corrected chi connectivity index (χ0v) is 9.63. The molecular formula is C10H24N2O. The van der Waals surface area contributed by atoms with Crippen LogP contribution in [-0.4, -0.2) is 30.9 Å². The van der Waals surface area contributed by atoms with E-state index in [1.165, 1.54) is 0 Å². The Morgan fingerprint density at radius 1 is 1.31 bits per heavy atom. The maximum Gasteiger partial charge on any atom is 0.221 e. The lowest BCUT2D eigenvalue weighted by molar-refractivity contribution is -0.121. The molecule has 1 amide bonds. The Bertz CT molecular complexity index is 126. The Hall–Kier alpha value is -0.570. The Labute approximate surface area is 82.3 Å². The third-order valence-corrected chi connectivity index (χ3v) is 1.79. The van der Waals surface area contributed by atoms with Crippen molar-refractivity contribution in [3.05, 3.63) is 0 Å². The van der Waals surface area contributed by atoms with E-state index in [1.807, 2.05) is 34.7 Å². The summed E-state index contributed by atoms with van der Waals surface area (Å²) in [6, 6.07) is 0. The molecule has 0 aromatic heterocycles. The Kier molecular flexibility index (Phi) is 10.9. The van der Waals surface area contributed by atoms with E-state index in [-0.39, 0.29) is 11.8 Å². The van der Waals surface area contributed by atoms with Crippen molar-refractivity contribution >= 4 is 5.91 Å². The fraction of sp³-hybridized carbons (Fsp3) is 0.900. The van der Waals surface area contributed by atoms with Crippen LogP contribution in [0.4, 0.5) is 0 Å². The average Bonchev–Trinajstić information content (AvgIpc) is 2.59. The Balaban J connectivity index is 0. The van der Waals surface area contributed by atoms with Gasteiger partial charge in [0.2, 0.25) is 5.91 Å². The number of carbonyl (C=O) groups excluding carboxylic acids is 1. The van der Waals surface area contributed by atoms with E-state index in [0.717, 1.165) is 19.5 Å². The number of hydrogen-bond donors (Lipinski definition) is 1. The third kappa shape index (κ3) is 6.58. The summed E-state index contributed by atoms with van der Waals surface area (Å²) in [5.41, 5.74) is 5.09. The summed E-state index contributed by atoms with van der Waals surface area (Å²) in [6.07, 6.45) is 0.936. The van der Waals surface area contributed by atoms with Gasteiger partial charge >= 0.3 is 0 Å². The maximum atomic E-state index is 10.5. The number of nitrogens with zero attached hydrogens (tertiary/aromatic N) is 1. The number of amides is 1. The molecule has 13 heavy (non-hydrogen) atoms. The van der Waals surface area contributed by atoms with E-state index in [4.69, 9.17) is 5.73 Å². The van der Waals surface area contributed by atoms with Crippen LogP contribution in [-0.2, 0) is 4.79 Å². The van der Waals surface area contributed by atoms with E-state index < -0.39 is 0 Å². The zero-order chi connectivity index (χ0) is 10.9. The molecule has 1 aliphatic heterocycles. The van der Waals surface area contributed by atoms with Crippen LogP contribution in [0, 0.1) is 5.92 Å². The molecule has 0 aromatic carbocycles. The first-order chi connectivity index (χ1) is 6.20. The van der Waals surface area contributed by atoms with Crippen LogP contribution in [0.15, 0.2) is 0 Å². The molecule has 3 heteroatoms. The molecular weight excluding hydrogens is 164 g/mol. The largest absolute Gasteiger partial charge is 0.369 e. The number of carbonyl (C=O) groups is 1. The lowest BCUT2D eigenvalue weighted by Gasteiger charge is -2.05. The topological polar surface area (TPSA) is 46.3 Å². The predicted molar refractivity (Wildman–Crippen MR) is 57.5 cm³/mol. The molecule has 0 aliphatic carbocycles. The molecule has 2 N–H and O–H groups in total. The summed E-state index contributed by atoms with van der Waals surface area (Å²) < 4.78 is 0. The number of likely N-dealkylation sites (tertiary alicyclic amines) is 1. The van der Waals surface area contributed by atoms with E-state index in [9.17, 15) is 4.79 Å². The van der Waals surface area contributed by atoms with E-state index in [0.29, 0.717) is 0 Å². The van der Waals surface area contributed by atoms with Gasteiger partial charge in [-0.1, -0.05) is 27.7 Å². The van der Waals surface area contributed by atoms with Crippen molar-refractivity contribution in [3.63, 3.8) is 0 Å². The highest BCUT2D eigenvalue weighted by molar-refractivity contribution is 5.77. The lowest BCUT2D eigenvalue weighted by Crippen LogP contribution is -2.25. The zero-order valence-electron chi connectivity index (χ0n) is 9.63. The van der Waals surface area contributed by atoms with Crippen LogP contribution in [0.5, 0.6) is 0 Å². The third-order valence-electron chi connectivity index (χ3n) is 1.79. The minimum atomic E-state index is -0.153. The minimum Gasteiger partial charge on any atom is -0.369 e. The Morgan fingerprint density at radius 3 is 1.92 bits per heavy atom. The van der Waals surface area contributed by atoms with Gasteiger partial charge in [-0.05, 0) is 20.0 Å². The van der Waals surface area contributed by atoms with Gasteiger partial charge in [-0.15, -0.1) is 0 Å².